The number of anilines is 1. The van der Waals surface area contributed by atoms with Gasteiger partial charge in [0.15, 0.2) is 5.11 Å². The second-order valence-corrected chi connectivity index (χ2v) is 8.54. The standard InChI is InChI=1S/C22H30ClN3OS/c1-17-7-4-11-25(15-17)12-6-13-26(16-19-8-5-14-27-19)22(28)24-21-10-3-9-20(23)18(21)2/h3,5,8-10,14,17H,4,6-7,11-13,15-16H2,1-2H3,(H,24,28)/t17-/m1/s1. The van der Waals surface area contributed by atoms with E-state index in [0.717, 1.165) is 47.5 Å². The van der Waals surface area contributed by atoms with Gasteiger partial charge in [0.05, 0.1) is 12.8 Å². The molecule has 1 aromatic heterocycles. The molecule has 1 atom stereocenters. The molecule has 152 valence electrons. The zero-order valence-electron chi connectivity index (χ0n) is 16.8. The maximum absolute atomic E-state index is 6.26. The summed E-state index contributed by atoms with van der Waals surface area (Å²) in [5.74, 6) is 1.72. The van der Waals surface area contributed by atoms with Crippen LogP contribution in [-0.2, 0) is 6.54 Å². The number of piperidine rings is 1. The molecule has 28 heavy (non-hydrogen) atoms. The number of nitrogens with one attached hydrogen (secondary N) is 1. The molecule has 1 aromatic carbocycles. The van der Waals surface area contributed by atoms with Crippen LogP contribution in [0.25, 0.3) is 0 Å². The molecular formula is C22H30ClN3OS. The summed E-state index contributed by atoms with van der Waals surface area (Å²) in [5, 5.41) is 4.82. The number of likely N-dealkylation sites (tertiary alicyclic amines) is 1. The van der Waals surface area contributed by atoms with Crippen molar-refractivity contribution < 1.29 is 4.42 Å². The highest BCUT2D eigenvalue weighted by molar-refractivity contribution is 7.80. The van der Waals surface area contributed by atoms with E-state index in [4.69, 9.17) is 28.2 Å². The third-order valence-electron chi connectivity index (χ3n) is 5.37. The van der Waals surface area contributed by atoms with E-state index in [1.165, 1.54) is 25.9 Å². The SMILES string of the molecule is Cc1c(Cl)cccc1NC(=S)N(CCCN1CCC[C@@H](C)C1)Cc1ccco1. The molecule has 0 amide bonds. The molecule has 1 N–H and O–H groups in total. The Balaban J connectivity index is 1.60. The van der Waals surface area contributed by atoms with E-state index >= 15 is 0 Å². The third kappa shape index (κ3) is 5.97. The molecule has 6 heteroatoms. The van der Waals surface area contributed by atoms with Crippen LogP contribution >= 0.6 is 23.8 Å². The van der Waals surface area contributed by atoms with Crippen LogP contribution in [0.1, 0.15) is 37.5 Å². The molecule has 4 nitrogen and oxygen atoms in total. The normalized spacial score (nSPS) is 17.5. The van der Waals surface area contributed by atoms with E-state index in [2.05, 4.69) is 22.0 Å². The van der Waals surface area contributed by atoms with Crippen molar-refractivity contribution in [3.8, 4) is 0 Å². The fourth-order valence-corrected chi connectivity index (χ4v) is 4.20. The number of benzene rings is 1. The summed E-state index contributed by atoms with van der Waals surface area (Å²) in [6, 6.07) is 9.75. The van der Waals surface area contributed by atoms with Crippen molar-refractivity contribution in [2.24, 2.45) is 5.92 Å². The van der Waals surface area contributed by atoms with Crippen molar-refractivity contribution in [1.82, 2.24) is 9.80 Å². The summed E-state index contributed by atoms with van der Waals surface area (Å²) >= 11 is 12.0. The summed E-state index contributed by atoms with van der Waals surface area (Å²) in [4.78, 5) is 4.76. The highest BCUT2D eigenvalue weighted by atomic mass is 35.5. The van der Waals surface area contributed by atoms with Gasteiger partial charge in [-0.3, -0.25) is 0 Å². The third-order valence-corrected chi connectivity index (χ3v) is 6.14. The van der Waals surface area contributed by atoms with Gasteiger partial charge in [-0.05, 0) is 87.2 Å². The zero-order chi connectivity index (χ0) is 19.9. The molecule has 1 aliphatic heterocycles. The fourth-order valence-electron chi connectivity index (χ4n) is 3.76. The van der Waals surface area contributed by atoms with Gasteiger partial charge in [0.1, 0.15) is 5.76 Å². The molecule has 1 fully saturated rings. The van der Waals surface area contributed by atoms with E-state index in [0.29, 0.717) is 11.7 Å². The molecule has 0 spiro atoms. The zero-order valence-corrected chi connectivity index (χ0v) is 18.4. The van der Waals surface area contributed by atoms with Crippen molar-refractivity contribution in [3.05, 3.63) is 52.9 Å². The molecule has 2 aromatic rings. The number of hydrogen-bond acceptors (Lipinski definition) is 3. The second kappa shape index (κ2) is 10.3. The number of nitrogens with zero attached hydrogens (tertiary/aromatic N) is 2. The average Bonchev–Trinajstić information content (AvgIpc) is 3.18. The van der Waals surface area contributed by atoms with Gasteiger partial charge in [-0.1, -0.05) is 24.6 Å². The highest BCUT2D eigenvalue weighted by Gasteiger charge is 2.17. The lowest BCUT2D eigenvalue weighted by Crippen LogP contribution is -2.39. The Labute approximate surface area is 178 Å². The number of furan rings is 1. The van der Waals surface area contributed by atoms with Crippen molar-refractivity contribution in [3.63, 3.8) is 0 Å². The smallest absolute Gasteiger partial charge is 0.173 e. The summed E-state index contributed by atoms with van der Waals surface area (Å²) in [6.07, 6.45) is 5.45. The van der Waals surface area contributed by atoms with Crippen LogP contribution in [0, 0.1) is 12.8 Å². The Bertz CT molecular complexity index is 765. The van der Waals surface area contributed by atoms with E-state index in [-0.39, 0.29) is 0 Å². The van der Waals surface area contributed by atoms with Crippen molar-refractivity contribution in [2.45, 2.75) is 39.7 Å². The van der Waals surface area contributed by atoms with Crippen LogP contribution < -0.4 is 5.32 Å². The second-order valence-electron chi connectivity index (χ2n) is 7.75. The van der Waals surface area contributed by atoms with E-state index in [9.17, 15) is 0 Å². The molecule has 1 aliphatic rings. The first kappa shape index (κ1) is 21.2. The molecular weight excluding hydrogens is 390 g/mol. The largest absolute Gasteiger partial charge is 0.467 e. The fraction of sp³-hybridized carbons (Fsp3) is 0.500. The Morgan fingerprint density at radius 3 is 2.96 bits per heavy atom. The minimum atomic E-state index is 0.662. The van der Waals surface area contributed by atoms with Gasteiger partial charge in [-0.25, -0.2) is 0 Å². The van der Waals surface area contributed by atoms with Gasteiger partial charge in [0.25, 0.3) is 0 Å². The molecule has 0 saturated carbocycles. The number of thiocarbonyl (C=S) groups is 1. The van der Waals surface area contributed by atoms with Crippen LogP contribution in [0.3, 0.4) is 0 Å². The summed E-state index contributed by atoms with van der Waals surface area (Å²) < 4.78 is 5.56. The lowest BCUT2D eigenvalue weighted by atomic mass is 10.0. The number of hydrogen-bond donors (Lipinski definition) is 1. The average molecular weight is 420 g/mol. The molecule has 2 heterocycles. The Morgan fingerprint density at radius 2 is 2.21 bits per heavy atom. The van der Waals surface area contributed by atoms with Crippen LogP contribution in [0.4, 0.5) is 5.69 Å². The number of halogens is 1. The van der Waals surface area contributed by atoms with Crippen LogP contribution in [-0.4, -0.2) is 41.1 Å². The first-order valence-corrected chi connectivity index (χ1v) is 10.9. The van der Waals surface area contributed by atoms with Gasteiger partial charge in [-0.2, -0.15) is 0 Å². The topological polar surface area (TPSA) is 31.6 Å². The van der Waals surface area contributed by atoms with Gasteiger partial charge < -0.3 is 19.5 Å². The predicted molar refractivity (Wildman–Crippen MR) is 121 cm³/mol. The van der Waals surface area contributed by atoms with Crippen LogP contribution in [0.15, 0.2) is 41.0 Å². The Kier molecular flexibility index (Phi) is 7.77. The van der Waals surface area contributed by atoms with Gasteiger partial charge in [0.2, 0.25) is 0 Å². The molecule has 1 saturated heterocycles. The van der Waals surface area contributed by atoms with Gasteiger partial charge in [0, 0.05) is 23.8 Å². The minimum absolute atomic E-state index is 0.662. The predicted octanol–water partition coefficient (Wildman–Crippen LogP) is 5.56. The number of rotatable bonds is 7. The quantitative estimate of drug-likeness (QED) is 0.593. The van der Waals surface area contributed by atoms with Gasteiger partial charge >= 0.3 is 0 Å². The van der Waals surface area contributed by atoms with E-state index < -0.39 is 0 Å². The molecule has 0 radical (unpaired) electrons. The molecule has 3 rings (SSSR count). The first-order chi connectivity index (χ1) is 13.5. The lowest BCUT2D eigenvalue weighted by molar-refractivity contribution is 0.177. The highest BCUT2D eigenvalue weighted by Crippen LogP contribution is 2.23. The minimum Gasteiger partial charge on any atom is -0.467 e. The van der Waals surface area contributed by atoms with Crippen molar-refractivity contribution in [2.75, 3.05) is 31.5 Å². The molecule has 0 aliphatic carbocycles. The van der Waals surface area contributed by atoms with Crippen molar-refractivity contribution >= 4 is 34.6 Å². The first-order valence-electron chi connectivity index (χ1n) is 10.1. The monoisotopic (exact) mass is 419 g/mol. The van der Waals surface area contributed by atoms with E-state index in [1.54, 1.807) is 6.26 Å². The van der Waals surface area contributed by atoms with Gasteiger partial charge in [-0.15, -0.1) is 0 Å². The van der Waals surface area contributed by atoms with E-state index in [1.807, 2.05) is 37.3 Å². The van der Waals surface area contributed by atoms with Crippen molar-refractivity contribution in [1.29, 1.82) is 0 Å². The summed E-state index contributed by atoms with van der Waals surface area (Å²) in [6.45, 7) is 9.43. The Morgan fingerprint density at radius 1 is 1.36 bits per heavy atom. The molecule has 0 unspecified atom stereocenters. The maximum atomic E-state index is 6.26. The summed E-state index contributed by atoms with van der Waals surface area (Å²) in [5.41, 5.74) is 1.96. The lowest BCUT2D eigenvalue weighted by Gasteiger charge is -2.32. The van der Waals surface area contributed by atoms with Crippen LogP contribution in [0.5, 0.6) is 0 Å². The Hall–Kier alpha value is -1.56. The summed E-state index contributed by atoms with van der Waals surface area (Å²) in [7, 11) is 0. The van der Waals surface area contributed by atoms with Crippen LogP contribution in [0.2, 0.25) is 5.02 Å². The maximum Gasteiger partial charge on any atom is 0.173 e. The molecule has 0 bridgehead atoms.